The maximum atomic E-state index is 5.55. The number of rotatable bonds is 11. The summed E-state index contributed by atoms with van der Waals surface area (Å²) in [5.74, 6) is 0. The fourth-order valence-electron chi connectivity index (χ4n) is 1.55. The van der Waals surface area contributed by atoms with E-state index in [2.05, 4.69) is 17.6 Å². The van der Waals surface area contributed by atoms with Crippen LogP contribution in [0.5, 0.6) is 0 Å². The number of ether oxygens (including phenoxy) is 1. The van der Waals surface area contributed by atoms with E-state index in [9.17, 15) is 0 Å². The molecule has 0 aliphatic heterocycles. The highest BCUT2D eigenvalue weighted by Crippen LogP contribution is 2.04. The number of nitrogens with one attached hydrogen (secondary N) is 2. The first kappa shape index (κ1) is 16.6. The average Bonchev–Trinajstić information content (AvgIpc) is 2.35. The molecule has 0 heterocycles. The van der Waals surface area contributed by atoms with Gasteiger partial charge in [-0.25, -0.2) is 0 Å². The lowest BCUT2D eigenvalue weighted by molar-refractivity contribution is 0.128. The number of hydrogen-bond acceptors (Lipinski definition) is 2. The quantitative estimate of drug-likeness (QED) is 0.442. The molecule has 0 aromatic heterocycles. The molecule has 17 heavy (non-hydrogen) atoms. The molecular formula is C13H28N2OS. The minimum Gasteiger partial charge on any atom is -0.381 e. The summed E-state index contributed by atoms with van der Waals surface area (Å²) >= 11 is 4.96. The van der Waals surface area contributed by atoms with Gasteiger partial charge in [-0.15, -0.1) is 0 Å². The zero-order chi connectivity index (χ0) is 12.8. The largest absolute Gasteiger partial charge is 0.381 e. The van der Waals surface area contributed by atoms with Gasteiger partial charge in [0.2, 0.25) is 0 Å². The molecule has 0 rings (SSSR count). The van der Waals surface area contributed by atoms with Crippen molar-refractivity contribution in [2.45, 2.75) is 51.9 Å². The van der Waals surface area contributed by atoms with Gasteiger partial charge in [-0.1, -0.05) is 39.0 Å². The molecule has 0 spiro atoms. The fourth-order valence-corrected chi connectivity index (χ4v) is 1.65. The summed E-state index contributed by atoms with van der Waals surface area (Å²) in [7, 11) is 1.82. The lowest BCUT2D eigenvalue weighted by Gasteiger charge is -2.07. The van der Waals surface area contributed by atoms with Gasteiger partial charge in [0.25, 0.3) is 0 Å². The van der Waals surface area contributed by atoms with Gasteiger partial charge >= 0.3 is 0 Å². The minimum absolute atomic E-state index is 0.709. The van der Waals surface area contributed by atoms with Crippen LogP contribution in [0, 0.1) is 0 Å². The van der Waals surface area contributed by atoms with E-state index in [0.717, 1.165) is 26.2 Å². The van der Waals surface area contributed by atoms with Crippen LogP contribution in [0.25, 0.3) is 0 Å². The van der Waals surface area contributed by atoms with E-state index >= 15 is 0 Å². The van der Waals surface area contributed by atoms with E-state index in [1.165, 1.54) is 38.5 Å². The highest BCUT2D eigenvalue weighted by molar-refractivity contribution is 7.80. The topological polar surface area (TPSA) is 33.3 Å². The van der Waals surface area contributed by atoms with Crippen molar-refractivity contribution in [1.82, 2.24) is 10.6 Å². The van der Waals surface area contributed by atoms with Crippen molar-refractivity contribution in [2.24, 2.45) is 0 Å². The third-order valence-corrected chi connectivity index (χ3v) is 2.97. The Morgan fingerprint density at radius 2 is 1.65 bits per heavy atom. The zero-order valence-corrected chi connectivity index (χ0v) is 12.2. The SMILES string of the molecule is CCCCCCCCOCCCNC(=S)NC. The molecule has 0 fully saturated rings. The lowest BCUT2D eigenvalue weighted by atomic mass is 10.1. The van der Waals surface area contributed by atoms with Gasteiger partial charge in [-0.05, 0) is 25.1 Å². The summed E-state index contributed by atoms with van der Waals surface area (Å²) in [5, 5.41) is 6.69. The van der Waals surface area contributed by atoms with Crippen LogP contribution in [0.1, 0.15) is 51.9 Å². The fraction of sp³-hybridized carbons (Fsp3) is 0.923. The van der Waals surface area contributed by atoms with Crippen molar-refractivity contribution in [3.63, 3.8) is 0 Å². The van der Waals surface area contributed by atoms with Gasteiger partial charge in [0, 0.05) is 26.8 Å². The summed E-state index contributed by atoms with van der Waals surface area (Å²) in [6, 6.07) is 0. The van der Waals surface area contributed by atoms with Crippen LogP contribution < -0.4 is 10.6 Å². The van der Waals surface area contributed by atoms with E-state index in [1.54, 1.807) is 0 Å². The molecule has 0 aromatic carbocycles. The Morgan fingerprint density at radius 1 is 1.00 bits per heavy atom. The summed E-state index contributed by atoms with van der Waals surface area (Å²) in [4.78, 5) is 0. The smallest absolute Gasteiger partial charge is 0.166 e. The molecule has 0 radical (unpaired) electrons. The third-order valence-electron chi connectivity index (χ3n) is 2.62. The Hall–Kier alpha value is -0.350. The number of thiocarbonyl (C=S) groups is 1. The average molecular weight is 260 g/mol. The van der Waals surface area contributed by atoms with Crippen LogP contribution >= 0.6 is 12.2 Å². The molecule has 0 aliphatic carbocycles. The maximum Gasteiger partial charge on any atom is 0.166 e. The van der Waals surface area contributed by atoms with E-state index < -0.39 is 0 Å². The van der Waals surface area contributed by atoms with Crippen molar-refractivity contribution in [1.29, 1.82) is 0 Å². The Labute approximate surface area is 112 Å². The van der Waals surface area contributed by atoms with Gasteiger partial charge in [-0.3, -0.25) is 0 Å². The van der Waals surface area contributed by atoms with E-state index in [-0.39, 0.29) is 0 Å². The zero-order valence-electron chi connectivity index (χ0n) is 11.4. The van der Waals surface area contributed by atoms with Crippen molar-refractivity contribution < 1.29 is 4.74 Å². The minimum atomic E-state index is 0.709. The van der Waals surface area contributed by atoms with Gasteiger partial charge < -0.3 is 15.4 Å². The molecule has 0 aliphatic rings. The van der Waals surface area contributed by atoms with Crippen molar-refractivity contribution in [2.75, 3.05) is 26.8 Å². The summed E-state index contributed by atoms with van der Waals surface area (Å²) in [6.07, 6.45) is 8.94. The van der Waals surface area contributed by atoms with E-state index in [0.29, 0.717) is 5.11 Å². The molecule has 4 heteroatoms. The van der Waals surface area contributed by atoms with Crippen molar-refractivity contribution >= 4 is 17.3 Å². The molecule has 0 amide bonds. The Balaban J connectivity index is 2.96. The van der Waals surface area contributed by atoms with Crippen LogP contribution in [-0.2, 0) is 4.74 Å². The molecular weight excluding hydrogens is 232 g/mol. The monoisotopic (exact) mass is 260 g/mol. The van der Waals surface area contributed by atoms with Crippen LogP contribution in [0.4, 0.5) is 0 Å². The summed E-state index contributed by atoms with van der Waals surface area (Å²) < 4.78 is 5.55. The Kier molecular flexibility index (Phi) is 13.4. The van der Waals surface area contributed by atoms with Crippen LogP contribution in [0.2, 0.25) is 0 Å². The molecule has 0 aromatic rings. The third kappa shape index (κ3) is 13.6. The standard InChI is InChI=1S/C13H28N2OS/c1-3-4-5-6-7-8-11-16-12-9-10-15-13(17)14-2/h3-12H2,1-2H3,(H2,14,15,17). The van der Waals surface area contributed by atoms with Gasteiger partial charge in [0.15, 0.2) is 5.11 Å². The highest BCUT2D eigenvalue weighted by Gasteiger charge is 1.93. The molecule has 0 atom stereocenters. The molecule has 0 saturated carbocycles. The maximum absolute atomic E-state index is 5.55. The van der Waals surface area contributed by atoms with Gasteiger partial charge in [0.1, 0.15) is 0 Å². The second kappa shape index (κ2) is 13.7. The van der Waals surface area contributed by atoms with Gasteiger partial charge in [0.05, 0.1) is 0 Å². The summed E-state index contributed by atoms with van der Waals surface area (Å²) in [5.41, 5.74) is 0. The predicted octanol–water partition coefficient (Wildman–Crippen LogP) is 2.85. The van der Waals surface area contributed by atoms with Crippen LogP contribution in [0.3, 0.4) is 0 Å². The molecule has 2 N–H and O–H groups in total. The van der Waals surface area contributed by atoms with Crippen LogP contribution in [-0.4, -0.2) is 31.9 Å². The first-order valence-electron chi connectivity index (χ1n) is 6.84. The first-order chi connectivity index (χ1) is 8.31. The molecule has 0 saturated heterocycles. The van der Waals surface area contributed by atoms with Crippen molar-refractivity contribution in [3.8, 4) is 0 Å². The molecule has 0 unspecified atom stereocenters. The Morgan fingerprint density at radius 3 is 2.35 bits per heavy atom. The molecule has 102 valence electrons. The number of unbranched alkanes of at least 4 members (excludes halogenated alkanes) is 5. The van der Waals surface area contributed by atoms with E-state index in [1.807, 2.05) is 7.05 Å². The van der Waals surface area contributed by atoms with Gasteiger partial charge in [-0.2, -0.15) is 0 Å². The lowest BCUT2D eigenvalue weighted by Crippen LogP contribution is -2.33. The number of hydrogen-bond donors (Lipinski definition) is 2. The Bertz CT molecular complexity index is 177. The first-order valence-corrected chi connectivity index (χ1v) is 7.25. The van der Waals surface area contributed by atoms with Crippen molar-refractivity contribution in [3.05, 3.63) is 0 Å². The summed E-state index contributed by atoms with van der Waals surface area (Å²) in [6.45, 7) is 4.87. The second-order valence-electron chi connectivity index (χ2n) is 4.24. The predicted molar refractivity (Wildman–Crippen MR) is 78.5 cm³/mol. The van der Waals surface area contributed by atoms with Crippen LogP contribution in [0.15, 0.2) is 0 Å². The highest BCUT2D eigenvalue weighted by atomic mass is 32.1. The normalized spacial score (nSPS) is 10.2. The van der Waals surface area contributed by atoms with E-state index in [4.69, 9.17) is 17.0 Å². The molecule has 0 bridgehead atoms. The second-order valence-corrected chi connectivity index (χ2v) is 4.65. The molecule has 3 nitrogen and oxygen atoms in total.